The van der Waals surface area contributed by atoms with Gasteiger partial charge in [0.15, 0.2) is 5.96 Å². The molecule has 0 aromatic carbocycles. The third-order valence-electron chi connectivity index (χ3n) is 5.67. The van der Waals surface area contributed by atoms with E-state index in [1.807, 2.05) is 25.7 Å². The van der Waals surface area contributed by atoms with Crippen LogP contribution in [0.15, 0.2) is 4.99 Å². The third kappa shape index (κ3) is 7.68. The number of aliphatic imine (C=N–C) groups is 1. The molecule has 0 aliphatic carbocycles. The zero-order valence-corrected chi connectivity index (χ0v) is 19.5. The highest BCUT2D eigenvalue weighted by atomic mass is 16.6. The molecule has 2 bridgehead atoms. The van der Waals surface area contributed by atoms with E-state index >= 15 is 0 Å². The Morgan fingerprint density at radius 3 is 2.38 bits per heavy atom. The average molecular weight is 410 g/mol. The zero-order valence-electron chi connectivity index (χ0n) is 19.5. The molecule has 29 heavy (non-hydrogen) atoms. The molecule has 0 saturated carbocycles. The van der Waals surface area contributed by atoms with Gasteiger partial charge in [0.1, 0.15) is 5.60 Å². The molecule has 0 spiro atoms. The summed E-state index contributed by atoms with van der Waals surface area (Å²) in [5.74, 6) is 0.895. The van der Waals surface area contributed by atoms with Crippen LogP contribution in [0.25, 0.3) is 0 Å². The number of likely N-dealkylation sites (N-methyl/N-ethyl adjacent to an activating group) is 1. The molecule has 1 amide bonds. The van der Waals surface area contributed by atoms with Gasteiger partial charge in [-0.25, -0.2) is 4.79 Å². The Balaban J connectivity index is 1.87. The number of carbonyl (C=O) groups excluding carboxylic acids is 1. The van der Waals surface area contributed by atoms with Gasteiger partial charge in [-0.3, -0.25) is 4.99 Å². The number of amides is 1. The minimum Gasteiger partial charge on any atom is -0.444 e. The second-order valence-electron chi connectivity index (χ2n) is 9.50. The van der Waals surface area contributed by atoms with Crippen LogP contribution in [0.3, 0.4) is 0 Å². The molecule has 0 aromatic heterocycles. The van der Waals surface area contributed by atoms with Crippen molar-refractivity contribution in [2.24, 2.45) is 4.99 Å². The first kappa shape index (κ1) is 23.8. The highest BCUT2D eigenvalue weighted by Crippen LogP contribution is 2.36. The van der Waals surface area contributed by atoms with E-state index in [1.54, 1.807) is 0 Å². The molecule has 0 aromatic rings. The molecule has 0 radical (unpaired) electrons. The van der Waals surface area contributed by atoms with Crippen LogP contribution in [0.1, 0.15) is 73.1 Å². The molecule has 2 heterocycles. The molecule has 7 nitrogen and oxygen atoms in total. The molecular weight excluding hydrogens is 366 g/mol. The summed E-state index contributed by atoms with van der Waals surface area (Å²) in [7, 11) is 2.16. The Labute approximate surface area is 177 Å². The minimum absolute atomic E-state index is 0.154. The second-order valence-corrected chi connectivity index (χ2v) is 9.50. The summed E-state index contributed by atoms with van der Waals surface area (Å²) < 4.78 is 5.64. The molecule has 7 heteroatoms. The molecule has 2 unspecified atom stereocenters. The average Bonchev–Trinajstić information content (AvgIpc) is 2.90. The van der Waals surface area contributed by atoms with Crippen LogP contribution in [0.2, 0.25) is 0 Å². The number of piperidine rings is 1. The second kappa shape index (κ2) is 11.0. The number of nitrogens with one attached hydrogen (secondary N) is 2. The Bertz CT molecular complexity index is 532. The Hall–Kier alpha value is -1.50. The van der Waals surface area contributed by atoms with Gasteiger partial charge < -0.3 is 25.2 Å². The van der Waals surface area contributed by atoms with Gasteiger partial charge in [-0.15, -0.1) is 0 Å². The summed E-state index contributed by atoms with van der Waals surface area (Å²) >= 11 is 0. The highest BCUT2D eigenvalue weighted by Gasteiger charge is 2.45. The summed E-state index contributed by atoms with van der Waals surface area (Å²) in [5, 5.41) is 7.00. The van der Waals surface area contributed by atoms with Crippen LogP contribution in [0.5, 0.6) is 0 Å². The zero-order chi connectivity index (χ0) is 21.4. The van der Waals surface area contributed by atoms with Crippen molar-refractivity contribution in [2.45, 2.75) is 96.9 Å². The van der Waals surface area contributed by atoms with Gasteiger partial charge >= 0.3 is 6.09 Å². The molecule has 2 atom stereocenters. The van der Waals surface area contributed by atoms with Gasteiger partial charge in [-0.2, -0.15) is 0 Å². The third-order valence-corrected chi connectivity index (χ3v) is 5.67. The van der Waals surface area contributed by atoms with Crippen molar-refractivity contribution >= 4 is 12.1 Å². The number of hydrogen-bond acceptors (Lipinski definition) is 4. The van der Waals surface area contributed by atoms with Gasteiger partial charge in [0.2, 0.25) is 0 Å². The van der Waals surface area contributed by atoms with Crippen molar-refractivity contribution in [1.29, 1.82) is 0 Å². The summed E-state index contributed by atoms with van der Waals surface area (Å²) in [4.78, 5) is 21.7. The fourth-order valence-corrected chi connectivity index (χ4v) is 4.29. The maximum atomic E-state index is 12.6. The fraction of sp³-hybridized carbons (Fsp3) is 0.909. The van der Waals surface area contributed by atoms with Crippen LogP contribution in [-0.4, -0.2) is 78.8 Å². The van der Waals surface area contributed by atoms with E-state index in [0.29, 0.717) is 6.04 Å². The van der Waals surface area contributed by atoms with E-state index in [1.165, 1.54) is 12.8 Å². The van der Waals surface area contributed by atoms with Crippen molar-refractivity contribution < 1.29 is 9.53 Å². The van der Waals surface area contributed by atoms with E-state index in [2.05, 4.69) is 36.4 Å². The maximum absolute atomic E-state index is 12.6. The first-order valence-corrected chi connectivity index (χ1v) is 11.5. The molecule has 2 rings (SSSR count). The summed E-state index contributed by atoms with van der Waals surface area (Å²) in [5.41, 5.74) is -0.444. The number of unbranched alkanes of at least 4 members (excludes halogenated alkanes) is 1. The lowest BCUT2D eigenvalue weighted by atomic mass is 9.98. The molecule has 168 valence electrons. The van der Waals surface area contributed by atoms with Gasteiger partial charge in [0.05, 0.1) is 6.54 Å². The predicted octanol–water partition coefficient (Wildman–Crippen LogP) is 3.20. The van der Waals surface area contributed by atoms with E-state index in [4.69, 9.17) is 9.73 Å². The van der Waals surface area contributed by atoms with Crippen molar-refractivity contribution in [3.8, 4) is 0 Å². The lowest BCUT2D eigenvalue weighted by Gasteiger charge is -2.40. The fourth-order valence-electron chi connectivity index (χ4n) is 4.29. The summed E-state index contributed by atoms with van der Waals surface area (Å²) in [6.07, 6.45) is 6.35. The maximum Gasteiger partial charge on any atom is 0.410 e. The molecule has 2 aliphatic rings. The summed E-state index contributed by atoms with van der Waals surface area (Å²) in [6.45, 7) is 13.8. The van der Waals surface area contributed by atoms with Crippen LogP contribution >= 0.6 is 0 Å². The summed E-state index contributed by atoms with van der Waals surface area (Å²) in [6, 6.07) is 0.884. The van der Waals surface area contributed by atoms with Crippen LogP contribution in [0.4, 0.5) is 4.79 Å². The minimum atomic E-state index is -0.444. The highest BCUT2D eigenvalue weighted by molar-refractivity contribution is 5.80. The molecular formula is C22H43N5O2. The number of carbonyl (C=O) groups is 1. The first-order chi connectivity index (χ1) is 13.7. The number of rotatable bonds is 8. The Morgan fingerprint density at radius 2 is 1.83 bits per heavy atom. The van der Waals surface area contributed by atoms with E-state index < -0.39 is 5.60 Å². The SMILES string of the molecule is CCCCN(C)CCN=C(NCC)NC1CC2CCC(C1)N2C(=O)OC(C)(C)C. The van der Waals surface area contributed by atoms with Crippen LogP contribution in [0, 0.1) is 0 Å². The van der Waals surface area contributed by atoms with Crippen molar-refractivity contribution in [3.05, 3.63) is 0 Å². The quantitative estimate of drug-likeness (QED) is 0.476. The van der Waals surface area contributed by atoms with Crippen molar-refractivity contribution in [1.82, 2.24) is 20.4 Å². The number of nitrogens with zero attached hydrogens (tertiary/aromatic N) is 3. The monoisotopic (exact) mass is 409 g/mol. The number of ether oxygens (including phenoxy) is 1. The Kier molecular flexibility index (Phi) is 9.05. The first-order valence-electron chi connectivity index (χ1n) is 11.5. The van der Waals surface area contributed by atoms with Crippen molar-refractivity contribution in [2.75, 3.05) is 33.2 Å². The van der Waals surface area contributed by atoms with Gasteiger partial charge in [-0.05, 0) is 73.4 Å². The Morgan fingerprint density at radius 1 is 1.17 bits per heavy atom. The largest absolute Gasteiger partial charge is 0.444 e. The van der Waals surface area contributed by atoms with Crippen LogP contribution in [-0.2, 0) is 4.74 Å². The van der Waals surface area contributed by atoms with Crippen molar-refractivity contribution in [3.63, 3.8) is 0 Å². The molecule has 2 saturated heterocycles. The predicted molar refractivity (Wildman–Crippen MR) is 119 cm³/mol. The lowest BCUT2D eigenvalue weighted by molar-refractivity contribution is 0.00545. The van der Waals surface area contributed by atoms with E-state index in [0.717, 1.165) is 57.8 Å². The number of hydrogen-bond donors (Lipinski definition) is 2. The lowest BCUT2D eigenvalue weighted by Crippen LogP contribution is -2.55. The van der Waals surface area contributed by atoms with Gasteiger partial charge in [0.25, 0.3) is 0 Å². The van der Waals surface area contributed by atoms with Gasteiger partial charge in [0, 0.05) is 31.2 Å². The molecule has 2 aliphatic heterocycles. The van der Waals surface area contributed by atoms with Gasteiger partial charge in [-0.1, -0.05) is 13.3 Å². The van der Waals surface area contributed by atoms with E-state index in [-0.39, 0.29) is 18.2 Å². The molecule has 2 N–H and O–H groups in total. The number of guanidine groups is 1. The normalized spacial score (nSPS) is 24.7. The standard InChI is InChI=1S/C22H43N5O2/c1-7-9-13-26(6)14-12-24-20(23-8-2)25-17-15-18-10-11-19(16-17)27(18)21(28)29-22(3,4)5/h17-19H,7-16H2,1-6H3,(H2,23,24,25). The number of fused-ring (bicyclic) bond motifs is 2. The smallest absolute Gasteiger partial charge is 0.410 e. The molecule has 2 fully saturated rings. The van der Waals surface area contributed by atoms with Crippen LogP contribution < -0.4 is 10.6 Å². The topological polar surface area (TPSA) is 69.2 Å². The van der Waals surface area contributed by atoms with E-state index in [9.17, 15) is 4.79 Å².